The summed E-state index contributed by atoms with van der Waals surface area (Å²) in [5.41, 5.74) is 2.58. The van der Waals surface area contributed by atoms with Crippen LogP contribution in [0.5, 0.6) is 11.6 Å². The molecule has 0 fully saturated rings. The van der Waals surface area contributed by atoms with Crippen LogP contribution in [0.15, 0.2) is 67.8 Å². The van der Waals surface area contributed by atoms with Gasteiger partial charge in [-0.05, 0) is 29.8 Å². The van der Waals surface area contributed by atoms with Gasteiger partial charge in [-0.1, -0.05) is 18.7 Å². The number of hydrogen-bond donors (Lipinski definition) is 2. The summed E-state index contributed by atoms with van der Waals surface area (Å²) in [5, 5.41) is 6.01. The topological polar surface area (TPSA) is 89.0 Å². The molecule has 0 radical (unpaired) electrons. The van der Waals surface area contributed by atoms with Crippen LogP contribution >= 0.6 is 0 Å². The summed E-state index contributed by atoms with van der Waals surface area (Å²) in [6.45, 7) is 4.15. The van der Waals surface area contributed by atoms with E-state index in [2.05, 4.69) is 32.2 Å². The van der Waals surface area contributed by atoms with Crippen LogP contribution < -0.4 is 15.4 Å². The molecule has 1 unspecified atom stereocenters. The van der Waals surface area contributed by atoms with Gasteiger partial charge in [0.1, 0.15) is 17.9 Å². The fourth-order valence-corrected chi connectivity index (χ4v) is 3.03. The molecule has 1 aliphatic heterocycles. The number of pyridine rings is 1. The van der Waals surface area contributed by atoms with Crippen molar-refractivity contribution in [2.24, 2.45) is 0 Å². The molecular weight excluding hydrogens is 342 g/mol. The summed E-state index contributed by atoms with van der Waals surface area (Å²) in [7, 11) is 0. The van der Waals surface area contributed by atoms with Crippen LogP contribution in [0.2, 0.25) is 0 Å². The molecule has 27 heavy (non-hydrogen) atoms. The second-order valence-electron chi connectivity index (χ2n) is 5.98. The number of nitrogens with zero attached hydrogens (tertiary/aromatic N) is 3. The second kappa shape index (κ2) is 7.25. The van der Waals surface area contributed by atoms with Gasteiger partial charge in [-0.3, -0.25) is 9.78 Å². The van der Waals surface area contributed by atoms with Crippen molar-refractivity contribution >= 4 is 17.4 Å². The average Bonchev–Trinajstić information content (AvgIpc) is 3.14. The normalized spacial score (nSPS) is 14.7. The first-order valence-electron chi connectivity index (χ1n) is 8.44. The van der Waals surface area contributed by atoms with Crippen molar-refractivity contribution < 1.29 is 9.53 Å². The Balaban J connectivity index is 1.65. The number of carbonyl (C=O) groups is 1. The van der Waals surface area contributed by atoms with Crippen LogP contribution in [0, 0.1) is 0 Å². The number of anilines is 2. The number of nitrogens with one attached hydrogen (secondary N) is 2. The third-order valence-electron chi connectivity index (χ3n) is 4.26. The Hall–Kier alpha value is -3.74. The lowest BCUT2D eigenvalue weighted by Crippen LogP contribution is -2.07. The molecule has 0 saturated carbocycles. The van der Waals surface area contributed by atoms with E-state index < -0.39 is 0 Å². The number of benzene rings is 1. The Morgan fingerprint density at radius 1 is 1.30 bits per heavy atom. The maximum Gasteiger partial charge on any atom is 0.247 e. The zero-order valence-electron chi connectivity index (χ0n) is 14.4. The Labute approximate surface area is 156 Å². The van der Waals surface area contributed by atoms with Crippen molar-refractivity contribution in [2.45, 2.75) is 5.92 Å². The van der Waals surface area contributed by atoms with Gasteiger partial charge in [0.2, 0.25) is 11.8 Å². The predicted molar refractivity (Wildman–Crippen MR) is 102 cm³/mol. The van der Waals surface area contributed by atoms with Gasteiger partial charge in [0, 0.05) is 36.6 Å². The highest BCUT2D eigenvalue weighted by atomic mass is 16.5. The number of rotatable bonds is 5. The first-order valence-corrected chi connectivity index (χ1v) is 8.44. The van der Waals surface area contributed by atoms with E-state index in [-0.39, 0.29) is 11.8 Å². The van der Waals surface area contributed by atoms with Gasteiger partial charge in [0.05, 0.1) is 5.56 Å². The fourth-order valence-electron chi connectivity index (χ4n) is 3.03. The molecule has 3 aromatic rings. The van der Waals surface area contributed by atoms with Crippen molar-refractivity contribution in [1.82, 2.24) is 15.0 Å². The number of carbonyl (C=O) groups excluding carboxylic acids is 1. The van der Waals surface area contributed by atoms with E-state index in [4.69, 9.17) is 4.74 Å². The highest BCUT2D eigenvalue weighted by Gasteiger charge is 2.30. The fraction of sp³-hybridized carbons (Fsp3) is 0.100. The van der Waals surface area contributed by atoms with Crippen LogP contribution in [-0.4, -0.2) is 27.4 Å². The van der Waals surface area contributed by atoms with Crippen LogP contribution in [-0.2, 0) is 4.79 Å². The molecule has 0 aliphatic carbocycles. The number of hydrogen-bond acceptors (Lipinski definition) is 6. The van der Waals surface area contributed by atoms with Gasteiger partial charge < -0.3 is 15.4 Å². The zero-order valence-corrected chi connectivity index (χ0v) is 14.4. The SMILES string of the molecule is C=CC(=O)Nc1cccc(Oc2ncnc3c2C(c2cccnc2)CN3)c1. The number of aromatic nitrogens is 3. The molecule has 0 spiro atoms. The lowest BCUT2D eigenvalue weighted by Gasteiger charge is -2.14. The molecule has 7 heteroatoms. The summed E-state index contributed by atoms with van der Waals surface area (Å²) >= 11 is 0. The van der Waals surface area contributed by atoms with Gasteiger partial charge in [0.25, 0.3) is 0 Å². The van der Waals surface area contributed by atoms with Crippen LogP contribution in [0.1, 0.15) is 17.0 Å². The van der Waals surface area contributed by atoms with Crippen LogP contribution in [0.25, 0.3) is 0 Å². The molecule has 134 valence electrons. The smallest absolute Gasteiger partial charge is 0.247 e. The Kier molecular flexibility index (Phi) is 4.49. The van der Waals surface area contributed by atoms with E-state index in [0.717, 1.165) is 16.9 Å². The Morgan fingerprint density at radius 3 is 3.04 bits per heavy atom. The standard InChI is InChI=1S/C20H17N5O2/c1-2-17(26)25-14-6-3-7-15(9-14)27-20-18-16(13-5-4-8-21-10-13)11-22-19(18)23-12-24-20/h2-10,12,16H,1,11H2,(H,25,26)(H,22,23,24). The van der Waals surface area contributed by atoms with Gasteiger partial charge in [-0.15, -0.1) is 0 Å². The highest BCUT2D eigenvalue weighted by molar-refractivity contribution is 5.98. The molecule has 0 bridgehead atoms. The quantitative estimate of drug-likeness (QED) is 0.679. The monoisotopic (exact) mass is 359 g/mol. The van der Waals surface area contributed by atoms with Crippen molar-refractivity contribution in [3.8, 4) is 11.6 Å². The first kappa shape index (κ1) is 16.7. The van der Waals surface area contributed by atoms with Gasteiger partial charge >= 0.3 is 0 Å². The maximum atomic E-state index is 11.5. The summed E-state index contributed by atoms with van der Waals surface area (Å²) in [6, 6.07) is 11.0. The van der Waals surface area contributed by atoms with E-state index >= 15 is 0 Å². The molecule has 1 aromatic carbocycles. The second-order valence-corrected chi connectivity index (χ2v) is 5.98. The average molecular weight is 359 g/mol. The van der Waals surface area contributed by atoms with E-state index in [1.54, 1.807) is 30.5 Å². The number of amides is 1. The van der Waals surface area contributed by atoms with Crippen molar-refractivity contribution in [2.75, 3.05) is 17.2 Å². The lowest BCUT2D eigenvalue weighted by molar-refractivity contribution is -0.111. The van der Waals surface area contributed by atoms with Crippen LogP contribution in [0.4, 0.5) is 11.5 Å². The molecule has 2 N–H and O–H groups in total. The minimum atomic E-state index is -0.282. The third-order valence-corrected chi connectivity index (χ3v) is 4.26. The summed E-state index contributed by atoms with van der Waals surface area (Å²) in [6.07, 6.45) is 6.27. The van der Waals surface area contributed by atoms with Gasteiger partial charge in [-0.2, -0.15) is 0 Å². The number of ether oxygens (including phenoxy) is 1. The zero-order chi connectivity index (χ0) is 18.6. The minimum absolute atomic E-state index is 0.0496. The molecule has 0 saturated heterocycles. The highest BCUT2D eigenvalue weighted by Crippen LogP contribution is 2.40. The van der Waals surface area contributed by atoms with Crippen molar-refractivity contribution in [1.29, 1.82) is 0 Å². The Bertz CT molecular complexity index is 991. The summed E-state index contributed by atoms with van der Waals surface area (Å²) in [5.74, 6) is 1.56. The lowest BCUT2D eigenvalue weighted by atomic mass is 9.96. The largest absolute Gasteiger partial charge is 0.438 e. The summed E-state index contributed by atoms with van der Waals surface area (Å²) in [4.78, 5) is 24.4. The van der Waals surface area contributed by atoms with Gasteiger partial charge in [0.15, 0.2) is 0 Å². The molecule has 1 atom stereocenters. The summed E-state index contributed by atoms with van der Waals surface area (Å²) < 4.78 is 6.04. The molecule has 1 aliphatic rings. The van der Waals surface area contributed by atoms with Crippen molar-refractivity contribution in [3.05, 3.63) is 78.9 Å². The van der Waals surface area contributed by atoms with E-state index in [9.17, 15) is 4.79 Å². The van der Waals surface area contributed by atoms with E-state index in [0.29, 0.717) is 23.9 Å². The van der Waals surface area contributed by atoms with Crippen molar-refractivity contribution in [3.63, 3.8) is 0 Å². The number of fused-ring (bicyclic) bond motifs is 1. The Morgan fingerprint density at radius 2 is 2.22 bits per heavy atom. The van der Waals surface area contributed by atoms with E-state index in [1.165, 1.54) is 12.4 Å². The van der Waals surface area contributed by atoms with Gasteiger partial charge in [-0.25, -0.2) is 9.97 Å². The molecule has 2 aromatic heterocycles. The van der Waals surface area contributed by atoms with E-state index in [1.807, 2.05) is 18.3 Å². The maximum absolute atomic E-state index is 11.5. The third kappa shape index (κ3) is 3.48. The molecule has 1 amide bonds. The molecular formula is C20H17N5O2. The molecule has 4 rings (SSSR count). The van der Waals surface area contributed by atoms with Crippen LogP contribution in [0.3, 0.4) is 0 Å². The first-order chi connectivity index (χ1) is 13.2. The molecule has 3 heterocycles. The molecule has 7 nitrogen and oxygen atoms in total. The predicted octanol–water partition coefficient (Wildman–Crippen LogP) is 3.35. The minimum Gasteiger partial charge on any atom is -0.438 e.